The number of thiophene rings is 1. The van der Waals surface area contributed by atoms with Gasteiger partial charge in [-0.25, -0.2) is 17.7 Å². The van der Waals surface area contributed by atoms with Gasteiger partial charge in [0.2, 0.25) is 10.0 Å². The third kappa shape index (κ3) is 3.50. The Kier molecular flexibility index (Phi) is 5.07. The molecule has 0 aliphatic carbocycles. The number of benzene rings is 1. The number of amides is 1. The van der Waals surface area contributed by atoms with E-state index in [0.29, 0.717) is 17.2 Å². The van der Waals surface area contributed by atoms with Gasteiger partial charge >= 0.3 is 0 Å². The molecule has 152 valence electrons. The van der Waals surface area contributed by atoms with Crippen molar-refractivity contribution in [3.05, 3.63) is 40.7 Å². The van der Waals surface area contributed by atoms with E-state index in [9.17, 15) is 13.2 Å². The lowest BCUT2D eigenvalue weighted by Crippen LogP contribution is -2.23. The first-order valence-electron chi connectivity index (χ1n) is 8.67. The fourth-order valence-electron chi connectivity index (χ4n) is 2.81. The van der Waals surface area contributed by atoms with E-state index in [2.05, 4.69) is 10.3 Å². The lowest BCUT2D eigenvalue weighted by molar-refractivity contribution is 0.103. The van der Waals surface area contributed by atoms with Crippen LogP contribution in [0.3, 0.4) is 0 Å². The molecule has 1 amide bonds. The van der Waals surface area contributed by atoms with Gasteiger partial charge in [0.25, 0.3) is 5.91 Å². The molecule has 4 aromatic rings. The summed E-state index contributed by atoms with van der Waals surface area (Å²) in [6.07, 6.45) is 1.91. The average Bonchev–Trinajstić information content (AvgIpc) is 3.35. The molecule has 1 aromatic carbocycles. The Balaban J connectivity index is 1.66. The third-order valence-corrected chi connectivity index (χ3v) is 7.83. The number of nitrogens with one attached hydrogen (secondary N) is 1. The quantitative estimate of drug-likeness (QED) is 0.485. The molecule has 0 saturated heterocycles. The third-order valence-electron chi connectivity index (χ3n) is 4.22. The molecule has 11 heteroatoms. The van der Waals surface area contributed by atoms with E-state index in [1.54, 1.807) is 25.1 Å². The van der Waals surface area contributed by atoms with Crippen LogP contribution in [0.25, 0.3) is 15.3 Å². The van der Waals surface area contributed by atoms with Gasteiger partial charge < -0.3 is 10.1 Å². The van der Waals surface area contributed by atoms with E-state index < -0.39 is 10.0 Å². The summed E-state index contributed by atoms with van der Waals surface area (Å²) in [4.78, 5) is 19.4. The first-order chi connectivity index (χ1) is 13.8. The van der Waals surface area contributed by atoms with Crippen LogP contribution in [0.2, 0.25) is 0 Å². The van der Waals surface area contributed by atoms with Crippen LogP contribution in [-0.2, 0) is 10.0 Å². The second-order valence-corrected chi connectivity index (χ2v) is 10.3. The SMILES string of the molecule is CCOc1ccc(NC(=O)c2cc3c(nc4sccn43)s2)cc1S(=O)(=O)N(C)C. The highest BCUT2D eigenvalue weighted by molar-refractivity contribution is 7.89. The van der Waals surface area contributed by atoms with Gasteiger partial charge in [-0.2, -0.15) is 0 Å². The maximum absolute atomic E-state index is 12.7. The Labute approximate surface area is 175 Å². The average molecular weight is 451 g/mol. The molecule has 3 heterocycles. The molecule has 0 aliphatic heterocycles. The van der Waals surface area contributed by atoms with Crippen molar-refractivity contribution in [2.24, 2.45) is 0 Å². The summed E-state index contributed by atoms with van der Waals surface area (Å²) in [6.45, 7) is 2.11. The van der Waals surface area contributed by atoms with Crippen molar-refractivity contribution >= 4 is 59.6 Å². The first-order valence-corrected chi connectivity index (χ1v) is 11.8. The van der Waals surface area contributed by atoms with Gasteiger partial charge in [0.05, 0.1) is 17.0 Å². The van der Waals surface area contributed by atoms with Gasteiger partial charge in [-0.3, -0.25) is 9.20 Å². The fourth-order valence-corrected chi connectivity index (χ4v) is 5.56. The van der Waals surface area contributed by atoms with Gasteiger partial charge in [-0.05, 0) is 31.2 Å². The highest BCUT2D eigenvalue weighted by Crippen LogP contribution is 2.31. The molecule has 0 spiro atoms. The summed E-state index contributed by atoms with van der Waals surface area (Å²) >= 11 is 2.82. The molecule has 8 nitrogen and oxygen atoms in total. The van der Waals surface area contributed by atoms with Gasteiger partial charge in [0.1, 0.15) is 15.5 Å². The number of hydrogen-bond donors (Lipinski definition) is 1. The van der Waals surface area contributed by atoms with E-state index in [-0.39, 0.29) is 16.6 Å². The van der Waals surface area contributed by atoms with Crippen LogP contribution >= 0.6 is 22.7 Å². The fraction of sp³-hybridized carbons (Fsp3) is 0.222. The lowest BCUT2D eigenvalue weighted by Gasteiger charge is -2.16. The monoisotopic (exact) mass is 450 g/mol. The second kappa shape index (κ2) is 7.41. The number of fused-ring (bicyclic) bond motifs is 3. The van der Waals surface area contributed by atoms with Gasteiger partial charge in [-0.1, -0.05) is 0 Å². The molecule has 0 unspecified atom stereocenters. The maximum Gasteiger partial charge on any atom is 0.265 e. The van der Waals surface area contributed by atoms with Crippen LogP contribution in [0.5, 0.6) is 5.75 Å². The molecule has 0 fully saturated rings. The Morgan fingerprint density at radius 2 is 2.10 bits per heavy atom. The van der Waals surface area contributed by atoms with Crippen LogP contribution in [-0.4, -0.2) is 48.7 Å². The maximum atomic E-state index is 12.7. The molecule has 0 atom stereocenters. The zero-order chi connectivity index (χ0) is 20.8. The number of sulfonamides is 1. The summed E-state index contributed by atoms with van der Waals surface area (Å²) in [5.41, 5.74) is 1.24. The number of anilines is 1. The molecule has 0 bridgehead atoms. The molecule has 1 N–H and O–H groups in total. The van der Waals surface area contributed by atoms with E-state index in [1.165, 1.54) is 42.8 Å². The minimum Gasteiger partial charge on any atom is -0.492 e. The minimum atomic E-state index is -3.73. The number of hydrogen-bond acceptors (Lipinski definition) is 7. The van der Waals surface area contributed by atoms with Crippen molar-refractivity contribution in [1.29, 1.82) is 0 Å². The summed E-state index contributed by atoms with van der Waals surface area (Å²) in [5, 5.41) is 4.71. The molecule has 0 saturated carbocycles. The predicted octanol–water partition coefficient (Wildman–Crippen LogP) is 3.51. The number of rotatable bonds is 6. The number of ether oxygens (including phenoxy) is 1. The smallest absolute Gasteiger partial charge is 0.265 e. The van der Waals surface area contributed by atoms with E-state index in [4.69, 9.17) is 4.74 Å². The number of carbonyl (C=O) groups excluding carboxylic acids is 1. The molecule has 4 rings (SSSR count). The van der Waals surface area contributed by atoms with Crippen molar-refractivity contribution in [1.82, 2.24) is 13.7 Å². The van der Waals surface area contributed by atoms with Crippen molar-refractivity contribution in [3.63, 3.8) is 0 Å². The van der Waals surface area contributed by atoms with Gasteiger partial charge in [0, 0.05) is 31.4 Å². The summed E-state index contributed by atoms with van der Waals surface area (Å²) < 4.78 is 33.8. The van der Waals surface area contributed by atoms with Gasteiger partial charge in [-0.15, -0.1) is 22.7 Å². The van der Waals surface area contributed by atoms with Crippen molar-refractivity contribution in [3.8, 4) is 5.75 Å². The Morgan fingerprint density at radius 3 is 2.83 bits per heavy atom. The normalized spacial score (nSPS) is 12.1. The van der Waals surface area contributed by atoms with Crippen LogP contribution in [0.15, 0.2) is 40.7 Å². The summed E-state index contributed by atoms with van der Waals surface area (Å²) in [7, 11) is -0.839. The van der Waals surface area contributed by atoms with Crippen LogP contribution in [0.4, 0.5) is 5.69 Å². The topological polar surface area (TPSA) is 93.0 Å². The highest BCUT2D eigenvalue weighted by atomic mass is 32.2. The summed E-state index contributed by atoms with van der Waals surface area (Å²) in [6, 6.07) is 6.37. The van der Waals surface area contributed by atoms with E-state index in [1.807, 2.05) is 16.0 Å². The molecule has 0 aliphatic rings. The lowest BCUT2D eigenvalue weighted by atomic mass is 10.3. The molecular formula is C18H18N4O4S3. The Hall–Kier alpha value is -2.47. The molecule has 0 radical (unpaired) electrons. The number of imidazole rings is 1. The van der Waals surface area contributed by atoms with Crippen molar-refractivity contribution < 1.29 is 17.9 Å². The molecular weight excluding hydrogens is 432 g/mol. The predicted molar refractivity (Wildman–Crippen MR) is 115 cm³/mol. The first kappa shape index (κ1) is 19.8. The van der Waals surface area contributed by atoms with Crippen molar-refractivity contribution in [2.75, 3.05) is 26.0 Å². The van der Waals surface area contributed by atoms with Gasteiger partial charge in [0.15, 0.2) is 4.96 Å². The van der Waals surface area contributed by atoms with E-state index >= 15 is 0 Å². The largest absolute Gasteiger partial charge is 0.492 e. The highest BCUT2D eigenvalue weighted by Gasteiger charge is 2.24. The van der Waals surface area contributed by atoms with Crippen molar-refractivity contribution in [2.45, 2.75) is 11.8 Å². The molecule has 3 aromatic heterocycles. The zero-order valence-corrected chi connectivity index (χ0v) is 18.3. The number of nitrogens with zero attached hydrogens (tertiary/aromatic N) is 3. The Morgan fingerprint density at radius 1 is 1.31 bits per heavy atom. The number of aromatic nitrogens is 2. The van der Waals surface area contributed by atoms with Crippen LogP contribution in [0, 0.1) is 0 Å². The van der Waals surface area contributed by atoms with Crippen LogP contribution < -0.4 is 10.1 Å². The number of carbonyl (C=O) groups is 1. The Bertz CT molecular complexity index is 1320. The summed E-state index contributed by atoms with van der Waals surface area (Å²) in [5.74, 6) is -0.0798. The zero-order valence-electron chi connectivity index (χ0n) is 15.9. The second-order valence-electron chi connectivity index (χ2n) is 6.30. The standard InChI is InChI=1S/C18H18N4O4S3/c1-4-26-13-6-5-11(9-15(13)29(24,25)21(2)3)19-16(23)14-10-12-17(28-14)20-18-22(12)7-8-27-18/h5-10H,4H2,1-3H3,(H,19,23). The minimum absolute atomic E-state index is 0.00398. The molecule has 29 heavy (non-hydrogen) atoms. The van der Waals surface area contributed by atoms with E-state index in [0.717, 1.165) is 19.6 Å². The van der Waals surface area contributed by atoms with Crippen LogP contribution in [0.1, 0.15) is 16.6 Å². The number of thiazole rings is 1.